The summed E-state index contributed by atoms with van der Waals surface area (Å²) in [6.07, 6.45) is 0.0523. The molecule has 2 heterocycles. The first-order chi connectivity index (χ1) is 18.5. The van der Waals surface area contributed by atoms with Crippen LogP contribution < -0.4 is 9.80 Å². The Hall–Kier alpha value is -5.10. The average molecular weight is 499 g/mol. The van der Waals surface area contributed by atoms with Gasteiger partial charge in [-0.25, -0.2) is 0 Å². The molecular formula is C32H22N2O4. The SMILES string of the molecule is O=C1C(=C2C(=O)c3ccccc3N2C(=O)Cc2ccccc2)N(C(=O)Cc2ccccc2)c2ccccc21. The van der Waals surface area contributed by atoms with Crippen LogP contribution in [0.25, 0.3) is 0 Å². The van der Waals surface area contributed by atoms with E-state index in [0.717, 1.165) is 11.1 Å². The first-order valence-corrected chi connectivity index (χ1v) is 12.3. The van der Waals surface area contributed by atoms with Gasteiger partial charge in [0.2, 0.25) is 23.4 Å². The molecular weight excluding hydrogens is 476 g/mol. The molecule has 6 rings (SSSR count). The lowest BCUT2D eigenvalue weighted by Crippen LogP contribution is -2.37. The molecule has 6 heteroatoms. The molecule has 2 aliphatic rings. The van der Waals surface area contributed by atoms with Gasteiger partial charge in [-0.2, -0.15) is 0 Å². The molecule has 2 amide bonds. The van der Waals surface area contributed by atoms with Crippen LogP contribution in [0.4, 0.5) is 11.4 Å². The summed E-state index contributed by atoms with van der Waals surface area (Å²) in [7, 11) is 0. The second kappa shape index (κ2) is 9.41. The minimum Gasteiger partial charge on any atom is -0.287 e. The zero-order valence-corrected chi connectivity index (χ0v) is 20.3. The van der Waals surface area contributed by atoms with Gasteiger partial charge in [-0.05, 0) is 35.4 Å². The number of Topliss-reactive ketones (excluding diaryl/α,β-unsaturated/α-hetero) is 2. The number of fused-ring (bicyclic) bond motifs is 2. The molecule has 0 radical (unpaired) electrons. The van der Waals surface area contributed by atoms with E-state index in [1.54, 1.807) is 48.5 Å². The smallest absolute Gasteiger partial charge is 0.236 e. The van der Waals surface area contributed by atoms with Crippen molar-refractivity contribution in [3.8, 4) is 0 Å². The lowest BCUT2D eigenvalue weighted by atomic mass is 10.1. The lowest BCUT2D eigenvalue weighted by Gasteiger charge is -2.24. The van der Waals surface area contributed by atoms with Crippen molar-refractivity contribution in [1.82, 2.24) is 0 Å². The third-order valence-electron chi connectivity index (χ3n) is 6.78. The fourth-order valence-electron chi connectivity index (χ4n) is 5.06. The predicted octanol–water partition coefficient (Wildman–Crippen LogP) is 5.14. The van der Waals surface area contributed by atoms with Gasteiger partial charge in [-0.15, -0.1) is 0 Å². The second-order valence-electron chi connectivity index (χ2n) is 9.17. The molecule has 0 saturated heterocycles. The Labute approximate surface area is 219 Å². The molecule has 0 aliphatic carbocycles. The number of nitrogens with zero attached hydrogens (tertiary/aromatic N) is 2. The molecule has 6 nitrogen and oxygen atoms in total. The number of anilines is 2. The summed E-state index contributed by atoms with van der Waals surface area (Å²) in [6.45, 7) is 0. The molecule has 4 aromatic carbocycles. The van der Waals surface area contributed by atoms with E-state index in [4.69, 9.17) is 0 Å². The Kier molecular flexibility index (Phi) is 5.77. The van der Waals surface area contributed by atoms with Gasteiger partial charge in [-0.3, -0.25) is 29.0 Å². The van der Waals surface area contributed by atoms with Crippen LogP contribution in [0.3, 0.4) is 0 Å². The third-order valence-corrected chi connectivity index (χ3v) is 6.78. The van der Waals surface area contributed by atoms with E-state index in [1.807, 2.05) is 60.7 Å². The summed E-state index contributed by atoms with van der Waals surface area (Å²) >= 11 is 0. The van der Waals surface area contributed by atoms with E-state index >= 15 is 0 Å². The number of benzene rings is 4. The van der Waals surface area contributed by atoms with Gasteiger partial charge in [0.05, 0.1) is 24.2 Å². The summed E-state index contributed by atoms with van der Waals surface area (Å²) in [5, 5.41) is 0. The number of allylic oxidation sites excluding steroid dienone is 2. The van der Waals surface area contributed by atoms with Gasteiger partial charge in [0.25, 0.3) is 0 Å². The van der Waals surface area contributed by atoms with E-state index in [0.29, 0.717) is 22.5 Å². The number of rotatable bonds is 4. The summed E-state index contributed by atoms with van der Waals surface area (Å²) < 4.78 is 0. The Morgan fingerprint density at radius 2 is 0.816 bits per heavy atom. The van der Waals surface area contributed by atoms with Gasteiger partial charge in [0.1, 0.15) is 11.4 Å². The molecule has 0 bridgehead atoms. The Bertz CT molecular complexity index is 1520. The highest BCUT2D eigenvalue weighted by Gasteiger charge is 2.46. The number of para-hydroxylation sites is 2. The third kappa shape index (κ3) is 3.83. The van der Waals surface area contributed by atoms with Crippen LogP contribution in [0.1, 0.15) is 31.8 Å². The molecule has 0 atom stereocenters. The molecule has 38 heavy (non-hydrogen) atoms. The van der Waals surface area contributed by atoms with Crippen LogP contribution in [-0.2, 0) is 22.4 Å². The first kappa shape index (κ1) is 23.3. The van der Waals surface area contributed by atoms with Crippen molar-refractivity contribution in [3.05, 3.63) is 143 Å². The average Bonchev–Trinajstić information content (AvgIpc) is 3.40. The molecule has 184 valence electrons. The van der Waals surface area contributed by atoms with Gasteiger partial charge in [0.15, 0.2) is 0 Å². The fourth-order valence-corrected chi connectivity index (χ4v) is 5.06. The highest BCUT2D eigenvalue weighted by Crippen LogP contribution is 2.43. The maximum absolute atomic E-state index is 13.8. The maximum Gasteiger partial charge on any atom is 0.236 e. The minimum atomic E-state index is -0.462. The van der Waals surface area contributed by atoms with E-state index in [-0.39, 0.29) is 36.1 Å². The van der Waals surface area contributed by atoms with E-state index in [2.05, 4.69) is 0 Å². The molecule has 2 aliphatic heterocycles. The molecule has 0 unspecified atom stereocenters. The maximum atomic E-state index is 13.8. The molecule has 0 aromatic heterocycles. The number of carbonyl (C=O) groups is 4. The molecule has 0 N–H and O–H groups in total. The number of hydrogen-bond acceptors (Lipinski definition) is 4. The van der Waals surface area contributed by atoms with Crippen molar-refractivity contribution in [2.45, 2.75) is 12.8 Å². The highest BCUT2D eigenvalue weighted by atomic mass is 16.2. The van der Waals surface area contributed by atoms with E-state index < -0.39 is 11.6 Å². The normalized spacial score (nSPS) is 16.0. The van der Waals surface area contributed by atoms with Gasteiger partial charge in [-0.1, -0.05) is 84.9 Å². The number of carbonyl (C=O) groups excluding carboxylic acids is 4. The molecule has 0 spiro atoms. The second-order valence-corrected chi connectivity index (χ2v) is 9.17. The molecule has 0 saturated carbocycles. The van der Waals surface area contributed by atoms with Crippen LogP contribution in [-0.4, -0.2) is 23.4 Å². The van der Waals surface area contributed by atoms with Gasteiger partial charge < -0.3 is 0 Å². The number of ketones is 2. The molecule has 0 fully saturated rings. The van der Waals surface area contributed by atoms with E-state index in [9.17, 15) is 19.2 Å². The van der Waals surface area contributed by atoms with E-state index in [1.165, 1.54) is 9.80 Å². The summed E-state index contributed by atoms with van der Waals surface area (Å²) in [4.78, 5) is 57.8. The Morgan fingerprint density at radius 1 is 0.474 bits per heavy atom. The van der Waals surface area contributed by atoms with Gasteiger partial charge in [0, 0.05) is 11.1 Å². The number of amides is 2. The van der Waals surface area contributed by atoms with Crippen molar-refractivity contribution in [3.63, 3.8) is 0 Å². The van der Waals surface area contributed by atoms with Crippen molar-refractivity contribution in [2.24, 2.45) is 0 Å². The van der Waals surface area contributed by atoms with Crippen molar-refractivity contribution < 1.29 is 19.2 Å². The van der Waals surface area contributed by atoms with Crippen LogP contribution >= 0.6 is 0 Å². The Morgan fingerprint density at radius 3 is 1.21 bits per heavy atom. The first-order valence-electron chi connectivity index (χ1n) is 12.3. The van der Waals surface area contributed by atoms with Gasteiger partial charge >= 0.3 is 0 Å². The van der Waals surface area contributed by atoms with Crippen LogP contribution in [0.2, 0.25) is 0 Å². The number of hydrogen-bond donors (Lipinski definition) is 0. The highest BCUT2D eigenvalue weighted by molar-refractivity contribution is 6.34. The largest absolute Gasteiger partial charge is 0.287 e. The monoisotopic (exact) mass is 498 g/mol. The summed E-state index contributed by atoms with van der Waals surface area (Å²) in [5.41, 5.74) is 2.81. The lowest BCUT2D eigenvalue weighted by molar-refractivity contribution is -0.118. The standard InChI is InChI=1S/C32H22N2O4/c35-27(19-21-11-3-1-4-12-21)33-25-17-9-7-15-23(25)31(37)29(33)30-32(38)24-16-8-10-18-26(24)34(30)28(36)20-22-13-5-2-6-14-22/h1-18H,19-20H2. The fraction of sp³-hybridized carbons (Fsp3) is 0.0625. The van der Waals surface area contributed by atoms with Crippen LogP contribution in [0.15, 0.2) is 121 Å². The van der Waals surface area contributed by atoms with Crippen LogP contribution in [0.5, 0.6) is 0 Å². The Balaban J connectivity index is 1.52. The van der Waals surface area contributed by atoms with Crippen LogP contribution in [0, 0.1) is 0 Å². The van der Waals surface area contributed by atoms with Crippen molar-refractivity contribution >= 4 is 34.8 Å². The summed E-state index contributed by atoms with van der Waals surface area (Å²) in [5.74, 6) is -1.65. The topological polar surface area (TPSA) is 74.8 Å². The van der Waals surface area contributed by atoms with Crippen molar-refractivity contribution in [2.75, 3.05) is 9.80 Å². The molecule has 4 aromatic rings. The van der Waals surface area contributed by atoms with Crippen molar-refractivity contribution in [1.29, 1.82) is 0 Å². The zero-order valence-electron chi connectivity index (χ0n) is 20.3. The zero-order chi connectivity index (χ0) is 26.2. The quantitative estimate of drug-likeness (QED) is 0.365. The summed E-state index contributed by atoms with van der Waals surface area (Å²) in [6, 6.07) is 32.0. The predicted molar refractivity (Wildman–Crippen MR) is 144 cm³/mol. The minimum absolute atomic E-state index is 0.0261.